The van der Waals surface area contributed by atoms with E-state index >= 15 is 0 Å². The van der Waals surface area contributed by atoms with E-state index in [1.807, 2.05) is 6.07 Å². The Bertz CT molecular complexity index is 1310. The zero-order valence-corrected chi connectivity index (χ0v) is 18.3. The molecule has 2 amide bonds. The molecule has 0 saturated carbocycles. The molecule has 3 aromatic carbocycles. The average molecular weight is 481 g/mol. The average Bonchev–Trinajstić information content (AvgIpc) is 3.30. The summed E-state index contributed by atoms with van der Waals surface area (Å²) in [7, 11) is 0. The van der Waals surface area contributed by atoms with Gasteiger partial charge in [0.15, 0.2) is 0 Å². The third-order valence-corrected chi connectivity index (χ3v) is 5.99. The van der Waals surface area contributed by atoms with Gasteiger partial charge in [0.25, 0.3) is 11.6 Å². The van der Waals surface area contributed by atoms with E-state index in [1.165, 1.54) is 47.5 Å². The number of hydrogen-bond acceptors (Lipinski definition) is 6. The first kappa shape index (κ1) is 21.1. The van der Waals surface area contributed by atoms with Crippen LogP contribution in [0, 0.1) is 16.0 Å². The van der Waals surface area contributed by atoms with Crippen LogP contribution >= 0.6 is 23.2 Å². The fourth-order valence-corrected chi connectivity index (χ4v) is 4.64. The number of carbonyl (C=O) groups excluding carboxylic acids is 2. The van der Waals surface area contributed by atoms with Gasteiger partial charge in [-0.1, -0.05) is 41.4 Å². The molecule has 0 bridgehead atoms. The summed E-state index contributed by atoms with van der Waals surface area (Å²) in [5, 5.41) is 17.8. The molecule has 2 atom stereocenters. The molecule has 1 fully saturated rings. The van der Waals surface area contributed by atoms with Crippen molar-refractivity contribution in [1.82, 2.24) is 0 Å². The van der Waals surface area contributed by atoms with Crippen molar-refractivity contribution in [3.8, 4) is 0 Å². The third-order valence-electron chi connectivity index (χ3n) is 5.55. The van der Waals surface area contributed by atoms with Gasteiger partial charge in [0.1, 0.15) is 12.0 Å². The molecule has 33 heavy (non-hydrogen) atoms. The van der Waals surface area contributed by atoms with Crippen LogP contribution in [0.25, 0.3) is 0 Å². The molecule has 0 unspecified atom stereocenters. The van der Waals surface area contributed by atoms with Crippen LogP contribution in [0.5, 0.6) is 0 Å². The lowest BCUT2D eigenvalue weighted by atomic mass is 9.92. The number of fused-ring (bicyclic) bond motifs is 1. The van der Waals surface area contributed by atoms with E-state index in [4.69, 9.17) is 23.2 Å². The van der Waals surface area contributed by atoms with Gasteiger partial charge in [0.2, 0.25) is 5.91 Å². The van der Waals surface area contributed by atoms with Crippen LogP contribution in [0.1, 0.15) is 5.56 Å². The number of para-hydroxylation sites is 1. The minimum Gasteiger partial charge on any atom is -0.273 e. The van der Waals surface area contributed by atoms with Crippen molar-refractivity contribution in [3.63, 3.8) is 0 Å². The molecular weight excluding hydrogens is 467 g/mol. The van der Waals surface area contributed by atoms with Gasteiger partial charge in [0.05, 0.1) is 22.0 Å². The molecule has 10 heteroatoms. The number of amides is 2. The Morgan fingerprint density at radius 1 is 0.848 bits per heavy atom. The Hall–Kier alpha value is -3.75. The third kappa shape index (κ3) is 3.53. The summed E-state index contributed by atoms with van der Waals surface area (Å²) in [4.78, 5) is 38.7. The number of carbonyl (C=O) groups is 2. The molecule has 2 heterocycles. The summed E-state index contributed by atoms with van der Waals surface area (Å²) in [6.45, 7) is 0. The van der Waals surface area contributed by atoms with E-state index in [0.717, 1.165) is 4.90 Å². The number of benzene rings is 3. The summed E-state index contributed by atoms with van der Waals surface area (Å²) in [5.74, 6) is -1.84. The predicted molar refractivity (Wildman–Crippen MR) is 125 cm³/mol. The zero-order valence-electron chi connectivity index (χ0n) is 16.8. The molecule has 1 saturated heterocycles. The minimum atomic E-state index is -0.914. The highest BCUT2D eigenvalue weighted by atomic mass is 35.5. The molecule has 164 valence electrons. The smallest absolute Gasteiger partial charge is 0.269 e. The maximum Gasteiger partial charge on any atom is 0.269 e. The second kappa shape index (κ2) is 7.99. The Balaban J connectivity index is 1.62. The van der Waals surface area contributed by atoms with E-state index in [0.29, 0.717) is 27.0 Å². The highest BCUT2D eigenvalue weighted by Gasteiger charge is 2.57. The van der Waals surface area contributed by atoms with Gasteiger partial charge < -0.3 is 0 Å². The molecule has 8 nitrogen and oxygen atoms in total. The maximum atomic E-state index is 13.6. The summed E-state index contributed by atoms with van der Waals surface area (Å²) < 4.78 is 0. The van der Waals surface area contributed by atoms with Crippen LogP contribution in [-0.4, -0.2) is 28.5 Å². The zero-order chi connectivity index (χ0) is 23.3. The number of nitro groups is 1. The van der Waals surface area contributed by atoms with Crippen molar-refractivity contribution >= 4 is 57.8 Å². The van der Waals surface area contributed by atoms with Gasteiger partial charge in [-0.3, -0.25) is 24.7 Å². The molecule has 3 aromatic rings. The minimum absolute atomic E-state index is 0.0853. The van der Waals surface area contributed by atoms with Crippen LogP contribution in [-0.2, 0) is 9.59 Å². The van der Waals surface area contributed by atoms with Gasteiger partial charge in [-0.2, -0.15) is 5.10 Å². The Kier molecular flexibility index (Phi) is 5.11. The summed E-state index contributed by atoms with van der Waals surface area (Å²) in [6, 6.07) is 18.4. The van der Waals surface area contributed by atoms with Crippen LogP contribution in [0.4, 0.5) is 17.1 Å². The van der Waals surface area contributed by atoms with Gasteiger partial charge in [-0.25, -0.2) is 4.90 Å². The number of nitrogens with zero attached hydrogens (tertiary/aromatic N) is 4. The molecular formula is C23H14Cl2N4O4. The molecule has 0 aromatic heterocycles. The number of imide groups is 1. The van der Waals surface area contributed by atoms with Crippen molar-refractivity contribution in [1.29, 1.82) is 0 Å². The first-order chi connectivity index (χ1) is 15.8. The van der Waals surface area contributed by atoms with Gasteiger partial charge in [-0.15, -0.1) is 0 Å². The lowest BCUT2D eigenvalue weighted by molar-refractivity contribution is -0.384. The highest BCUT2D eigenvalue weighted by Crippen LogP contribution is 2.40. The second-order valence-corrected chi connectivity index (χ2v) is 8.40. The number of halogens is 2. The first-order valence-electron chi connectivity index (χ1n) is 9.86. The SMILES string of the molecule is O=C1[C@@H]2C(c3ccc([N+](=O)[O-])cc3)=NN(c3ccccc3)[C@@H]2C(=O)N1c1cc(Cl)cc(Cl)c1. The molecule has 0 spiro atoms. The molecule has 2 aliphatic rings. The monoisotopic (exact) mass is 480 g/mol. The molecule has 0 N–H and O–H groups in total. The Labute approximate surface area is 197 Å². The maximum absolute atomic E-state index is 13.6. The van der Waals surface area contributed by atoms with E-state index < -0.39 is 28.7 Å². The van der Waals surface area contributed by atoms with E-state index in [9.17, 15) is 19.7 Å². The van der Waals surface area contributed by atoms with E-state index in [-0.39, 0.29) is 11.4 Å². The Morgan fingerprint density at radius 2 is 1.48 bits per heavy atom. The highest BCUT2D eigenvalue weighted by molar-refractivity contribution is 6.37. The lowest BCUT2D eigenvalue weighted by Crippen LogP contribution is -2.39. The summed E-state index contributed by atoms with van der Waals surface area (Å²) in [6.07, 6.45) is 0. The van der Waals surface area contributed by atoms with Gasteiger partial charge >= 0.3 is 0 Å². The molecule has 2 aliphatic heterocycles. The van der Waals surface area contributed by atoms with Crippen molar-refractivity contribution in [3.05, 3.63) is 98.5 Å². The van der Waals surface area contributed by atoms with Crippen molar-refractivity contribution < 1.29 is 14.5 Å². The first-order valence-corrected chi connectivity index (χ1v) is 10.6. The molecule has 0 aliphatic carbocycles. The second-order valence-electron chi connectivity index (χ2n) is 7.53. The lowest BCUT2D eigenvalue weighted by Gasteiger charge is -2.22. The van der Waals surface area contributed by atoms with Gasteiger partial charge in [-0.05, 0) is 48.0 Å². The van der Waals surface area contributed by atoms with Gasteiger partial charge in [0, 0.05) is 22.2 Å². The normalized spacial score (nSPS) is 19.6. The number of anilines is 2. The van der Waals surface area contributed by atoms with Crippen LogP contribution in [0.15, 0.2) is 77.9 Å². The van der Waals surface area contributed by atoms with E-state index in [2.05, 4.69) is 5.10 Å². The van der Waals surface area contributed by atoms with Crippen LogP contribution in [0.3, 0.4) is 0 Å². The summed E-state index contributed by atoms with van der Waals surface area (Å²) in [5.41, 5.74) is 1.69. The number of nitro benzene ring substituents is 1. The number of non-ortho nitro benzene ring substituents is 1. The number of rotatable bonds is 4. The standard InChI is InChI=1S/C23H14Cl2N4O4/c24-14-10-15(25)12-18(11-14)27-22(30)19-20(13-6-8-17(9-7-13)29(32)33)26-28(21(19)23(27)31)16-4-2-1-3-5-16/h1-12,19,21H/t19-,21+/m1/s1. The molecule has 0 radical (unpaired) electrons. The largest absolute Gasteiger partial charge is 0.273 e. The fourth-order valence-electron chi connectivity index (χ4n) is 4.12. The van der Waals surface area contributed by atoms with Crippen molar-refractivity contribution in [2.45, 2.75) is 6.04 Å². The predicted octanol–water partition coefficient (Wildman–Crippen LogP) is 4.68. The summed E-state index contributed by atoms with van der Waals surface area (Å²) >= 11 is 12.2. The van der Waals surface area contributed by atoms with Crippen molar-refractivity contribution in [2.75, 3.05) is 9.91 Å². The number of hydrazone groups is 1. The Morgan fingerprint density at radius 3 is 2.09 bits per heavy atom. The van der Waals surface area contributed by atoms with Crippen LogP contribution in [0.2, 0.25) is 10.0 Å². The fraction of sp³-hybridized carbons (Fsp3) is 0.0870. The quantitative estimate of drug-likeness (QED) is 0.306. The van der Waals surface area contributed by atoms with Crippen molar-refractivity contribution in [2.24, 2.45) is 11.0 Å². The number of hydrogen-bond donors (Lipinski definition) is 0. The molecule has 5 rings (SSSR count). The van der Waals surface area contributed by atoms with E-state index in [1.54, 1.807) is 24.3 Å². The topological polar surface area (TPSA) is 96.1 Å². The van der Waals surface area contributed by atoms with Crippen LogP contribution < -0.4 is 9.91 Å².